The monoisotopic (exact) mass is 200 g/mol. The second-order valence-corrected chi connectivity index (χ2v) is 3.99. The largest absolute Gasteiger partial charge is 0.507 e. The second kappa shape index (κ2) is 3.93. The Balaban J connectivity index is 2.72. The molecule has 0 unspecified atom stereocenters. The van der Waals surface area contributed by atoms with Gasteiger partial charge in [0.15, 0.2) is 0 Å². The summed E-state index contributed by atoms with van der Waals surface area (Å²) in [7, 11) is 0. The highest BCUT2D eigenvalue weighted by Gasteiger charge is 2.08. The molecule has 0 aliphatic carbocycles. The van der Waals surface area contributed by atoms with Gasteiger partial charge in [-0.1, -0.05) is 43.7 Å². The normalized spacial score (nSPS) is 10.8. The van der Waals surface area contributed by atoms with Crippen LogP contribution in [0.2, 0.25) is 0 Å². The van der Waals surface area contributed by atoms with Crippen molar-refractivity contribution < 1.29 is 5.11 Å². The topological polar surface area (TPSA) is 20.2 Å². The van der Waals surface area contributed by atoms with Crippen LogP contribution in [0.1, 0.15) is 24.5 Å². The Labute approximate surface area is 90.4 Å². The third-order valence-corrected chi connectivity index (χ3v) is 2.85. The Morgan fingerprint density at radius 3 is 2.67 bits per heavy atom. The zero-order chi connectivity index (χ0) is 10.8. The number of rotatable bonds is 2. The van der Waals surface area contributed by atoms with Crippen molar-refractivity contribution in [1.29, 1.82) is 0 Å². The molecular weight excluding hydrogens is 184 g/mol. The van der Waals surface area contributed by atoms with Crippen LogP contribution in [-0.2, 0) is 6.42 Å². The summed E-state index contributed by atoms with van der Waals surface area (Å²) in [6, 6.07) is 10.1. The first-order valence-corrected chi connectivity index (χ1v) is 5.44. The fraction of sp³-hybridized carbons (Fsp3) is 0.286. The molecule has 0 amide bonds. The van der Waals surface area contributed by atoms with Crippen molar-refractivity contribution in [1.82, 2.24) is 0 Å². The molecule has 0 bridgehead atoms. The summed E-state index contributed by atoms with van der Waals surface area (Å²) in [6.45, 7) is 4.20. The standard InChI is InChI=1S/C14H16O/c1-3-6-12-10(2)9-11-7-4-5-8-13(11)14(12)15/h4-5,7-9,15H,3,6H2,1-2H3. The van der Waals surface area contributed by atoms with Gasteiger partial charge in [0.2, 0.25) is 0 Å². The van der Waals surface area contributed by atoms with Gasteiger partial charge < -0.3 is 5.11 Å². The lowest BCUT2D eigenvalue weighted by atomic mass is 9.97. The molecular formula is C14H16O. The molecule has 1 nitrogen and oxygen atoms in total. The van der Waals surface area contributed by atoms with E-state index in [9.17, 15) is 5.11 Å². The lowest BCUT2D eigenvalue weighted by Gasteiger charge is -2.10. The number of fused-ring (bicyclic) bond motifs is 1. The van der Waals surface area contributed by atoms with E-state index in [1.54, 1.807) is 0 Å². The molecule has 0 radical (unpaired) electrons. The zero-order valence-corrected chi connectivity index (χ0v) is 9.25. The Kier molecular flexibility index (Phi) is 2.63. The van der Waals surface area contributed by atoms with Crippen LogP contribution in [0.25, 0.3) is 10.8 Å². The fourth-order valence-corrected chi connectivity index (χ4v) is 2.07. The highest BCUT2D eigenvalue weighted by atomic mass is 16.3. The van der Waals surface area contributed by atoms with Crippen LogP contribution in [0, 0.1) is 6.92 Å². The molecule has 15 heavy (non-hydrogen) atoms. The highest BCUT2D eigenvalue weighted by molar-refractivity contribution is 5.90. The molecule has 78 valence electrons. The van der Waals surface area contributed by atoms with E-state index in [2.05, 4.69) is 19.9 Å². The van der Waals surface area contributed by atoms with Gasteiger partial charge in [0.05, 0.1) is 0 Å². The molecule has 0 fully saturated rings. The van der Waals surface area contributed by atoms with Gasteiger partial charge >= 0.3 is 0 Å². The quantitative estimate of drug-likeness (QED) is 0.781. The maximum atomic E-state index is 10.2. The minimum Gasteiger partial charge on any atom is -0.507 e. The zero-order valence-electron chi connectivity index (χ0n) is 9.25. The van der Waals surface area contributed by atoms with E-state index in [4.69, 9.17) is 0 Å². The van der Waals surface area contributed by atoms with Gasteiger partial charge in [-0.05, 0) is 29.9 Å². The fourth-order valence-electron chi connectivity index (χ4n) is 2.07. The number of phenols is 1. The minimum atomic E-state index is 0.465. The van der Waals surface area contributed by atoms with Gasteiger partial charge in [0.25, 0.3) is 0 Å². The van der Waals surface area contributed by atoms with E-state index in [1.807, 2.05) is 24.3 Å². The predicted octanol–water partition coefficient (Wildman–Crippen LogP) is 3.81. The number of benzene rings is 2. The smallest absolute Gasteiger partial charge is 0.126 e. The molecule has 0 atom stereocenters. The maximum absolute atomic E-state index is 10.2. The molecule has 2 aromatic rings. The van der Waals surface area contributed by atoms with Crippen LogP contribution in [0.15, 0.2) is 30.3 Å². The summed E-state index contributed by atoms with van der Waals surface area (Å²) >= 11 is 0. The number of phenolic OH excluding ortho intramolecular Hbond substituents is 1. The lowest BCUT2D eigenvalue weighted by molar-refractivity contribution is 0.473. The molecule has 0 saturated carbocycles. The van der Waals surface area contributed by atoms with E-state index < -0.39 is 0 Å². The van der Waals surface area contributed by atoms with Gasteiger partial charge in [0.1, 0.15) is 5.75 Å². The molecule has 0 spiro atoms. The SMILES string of the molecule is CCCc1c(C)cc2ccccc2c1O. The maximum Gasteiger partial charge on any atom is 0.126 e. The van der Waals surface area contributed by atoms with Crippen LogP contribution < -0.4 is 0 Å². The average molecular weight is 200 g/mol. The van der Waals surface area contributed by atoms with Crippen LogP contribution in [-0.4, -0.2) is 5.11 Å². The summed E-state index contributed by atoms with van der Waals surface area (Å²) in [6.07, 6.45) is 2.01. The molecule has 0 aromatic heterocycles. The Morgan fingerprint density at radius 2 is 1.93 bits per heavy atom. The third-order valence-electron chi connectivity index (χ3n) is 2.85. The summed E-state index contributed by atoms with van der Waals surface area (Å²) in [5.74, 6) is 0.465. The first kappa shape index (κ1) is 10.0. The molecule has 0 saturated heterocycles. The van der Waals surface area contributed by atoms with Crippen molar-refractivity contribution in [2.75, 3.05) is 0 Å². The van der Waals surface area contributed by atoms with Crippen LogP contribution in [0.4, 0.5) is 0 Å². The Bertz CT molecular complexity index is 486. The van der Waals surface area contributed by atoms with Gasteiger partial charge in [-0.15, -0.1) is 0 Å². The Morgan fingerprint density at radius 1 is 1.20 bits per heavy atom. The van der Waals surface area contributed by atoms with Crippen LogP contribution in [0.3, 0.4) is 0 Å². The lowest BCUT2D eigenvalue weighted by Crippen LogP contribution is -1.90. The van der Waals surface area contributed by atoms with E-state index in [0.717, 1.165) is 29.2 Å². The van der Waals surface area contributed by atoms with Crippen LogP contribution >= 0.6 is 0 Å². The average Bonchev–Trinajstić information content (AvgIpc) is 2.24. The summed E-state index contributed by atoms with van der Waals surface area (Å²) in [5.41, 5.74) is 2.28. The number of aromatic hydroxyl groups is 1. The number of aryl methyl sites for hydroxylation is 1. The molecule has 2 rings (SSSR count). The summed E-state index contributed by atoms with van der Waals surface area (Å²) in [5, 5.41) is 12.2. The first-order valence-electron chi connectivity index (χ1n) is 5.44. The van der Waals surface area contributed by atoms with E-state index in [-0.39, 0.29) is 0 Å². The second-order valence-electron chi connectivity index (χ2n) is 3.99. The molecule has 0 heterocycles. The highest BCUT2D eigenvalue weighted by Crippen LogP contribution is 2.32. The van der Waals surface area contributed by atoms with Crippen molar-refractivity contribution in [3.8, 4) is 5.75 Å². The summed E-state index contributed by atoms with van der Waals surface area (Å²) in [4.78, 5) is 0. The first-order chi connectivity index (χ1) is 7.24. The molecule has 0 aliphatic rings. The molecule has 1 heteroatoms. The Hall–Kier alpha value is -1.50. The number of hydrogen-bond acceptors (Lipinski definition) is 1. The van der Waals surface area contributed by atoms with E-state index in [0.29, 0.717) is 5.75 Å². The van der Waals surface area contributed by atoms with Crippen molar-refractivity contribution in [3.63, 3.8) is 0 Å². The minimum absolute atomic E-state index is 0.465. The van der Waals surface area contributed by atoms with Crippen molar-refractivity contribution in [3.05, 3.63) is 41.5 Å². The molecule has 0 aliphatic heterocycles. The van der Waals surface area contributed by atoms with Crippen molar-refractivity contribution >= 4 is 10.8 Å². The van der Waals surface area contributed by atoms with Gasteiger partial charge in [-0.3, -0.25) is 0 Å². The predicted molar refractivity (Wildman–Crippen MR) is 64.3 cm³/mol. The molecule has 2 aromatic carbocycles. The van der Waals surface area contributed by atoms with Crippen molar-refractivity contribution in [2.45, 2.75) is 26.7 Å². The summed E-state index contributed by atoms with van der Waals surface area (Å²) < 4.78 is 0. The van der Waals surface area contributed by atoms with Gasteiger partial charge in [-0.2, -0.15) is 0 Å². The van der Waals surface area contributed by atoms with Gasteiger partial charge in [-0.25, -0.2) is 0 Å². The van der Waals surface area contributed by atoms with E-state index in [1.165, 1.54) is 5.56 Å². The molecule has 1 N–H and O–H groups in total. The van der Waals surface area contributed by atoms with Crippen molar-refractivity contribution in [2.24, 2.45) is 0 Å². The third kappa shape index (κ3) is 1.70. The van der Waals surface area contributed by atoms with E-state index >= 15 is 0 Å². The number of hydrogen-bond donors (Lipinski definition) is 1. The van der Waals surface area contributed by atoms with Gasteiger partial charge in [0, 0.05) is 5.39 Å². The van der Waals surface area contributed by atoms with Crippen LogP contribution in [0.5, 0.6) is 5.75 Å².